The number of nitrogens with one attached hydrogen (secondary N) is 1. The Kier molecular flexibility index (Phi) is 6.80. The van der Waals surface area contributed by atoms with Crippen molar-refractivity contribution in [2.75, 3.05) is 17.7 Å². The largest absolute Gasteiger partial charge is 0.376 e. The molecule has 1 unspecified atom stereocenters. The maximum absolute atomic E-state index is 12.3. The average molecular weight is 415 g/mol. The first-order valence-corrected chi connectivity index (χ1v) is 10.2. The van der Waals surface area contributed by atoms with Crippen LogP contribution in [0.15, 0.2) is 23.4 Å². The molecule has 0 bridgehead atoms. The number of amides is 1. The number of anilines is 1. The lowest BCUT2D eigenvalue weighted by molar-refractivity contribution is -0.113. The van der Waals surface area contributed by atoms with Gasteiger partial charge in [-0.2, -0.15) is 0 Å². The maximum Gasteiger partial charge on any atom is 0.234 e. The van der Waals surface area contributed by atoms with Gasteiger partial charge in [0.15, 0.2) is 5.16 Å². The third-order valence-corrected chi connectivity index (χ3v) is 5.68. The van der Waals surface area contributed by atoms with Gasteiger partial charge in [0.05, 0.1) is 34.1 Å². The van der Waals surface area contributed by atoms with Crippen LogP contribution in [-0.2, 0) is 22.5 Å². The summed E-state index contributed by atoms with van der Waals surface area (Å²) in [5.74, 6) is 0.891. The van der Waals surface area contributed by atoms with Crippen LogP contribution in [0.4, 0.5) is 5.69 Å². The second-order valence-corrected chi connectivity index (χ2v) is 7.69. The molecule has 1 aliphatic heterocycles. The summed E-state index contributed by atoms with van der Waals surface area (Å²) in [6.07, 6.45) is 3.09. The summed E-state index contributed by atoms with van der Waals surface area (Å²) in [4.78, 5) is 12.3. The van der Waals surface area contributed by atoms with Gasteiger partial charge in [-0.1, -0.05) is 48.0 Å². The van der Waals surface area contributed by atoms with Gasteiger partial charge in [0.2, 0.25) is 5.91 Å². The summed E-state index contributed by atoms with van der Waals surface area (Å²) in [7, 11) is 0. The zero-order valence-electron chi connectivity index (χ0n) is 14.4. The lowest BCUT2D eigenvalue weighted by Gasteiger charge is -2.14. The number of para-hydroxylation sites is 1. The smallest absolute Gasteiger partial charge is 0.234 e. The molecule has 1 atom stereocenters. The fourth-order valence-corrected chi connectivity index (χ4v) is 4.04. The summed E-state index contributed by atoms with van der Waals surface area (Å²) in [6.45, 7) is 3.56. The highest BCUT2D eigenvalue weighted by atomic mass is 35.5. The number of aromatic nitrogens is 3. The third-order valence-electron chi connectivity index (χ3n) is 4.08. The van der Waals surface area contributed by atoms with Gasteiger partial charge >= 0.3 is 0 Å². The van der Waals surface area contributed by atoms with E-state index in [0.717, 1.165) is 43.4 Å². The van der Waals surface area contributed by atoms with Crippen molar-refractivity contribution >= 4 is 46.6 Å². The topological polar surface area (TPSA) is 69.0 Å². The molecule has 0 radical (unpaired) electrons. The molecule has 140 valence electrons. The van der Waals surface area contributed by atoms with Crippen LogP contribution in [0.3, 0.4) is 0 Å². The van der Waals surface area contributed by atoms with Crippen molar-refractivity contribution in [2.24, 2.45) is 0 Å². The SMILES string of the molecule is CCc1nnc(SCC(=O)Nc2c(Cl)cccc2Cl)n1CC1CCCO1. The molecule has 6 nitrogen and oxygen atoms in total. The Morgan fingerprint density at radius 2 is 2.15 bits per heavy atom. The number of hydrogen-bond donors (Lipinski definition) is 1. The van der Waals surface area contributed by atoms with Crippen molar-refractivity contribution in [3.05, 3.63) is 34.1 Å². The van der Waals surface area contributed by atoms with E-state index in [0.29, 0.717) is 15.7 Å². The maximum atomic E-state index is 12.3. The number of aryl methyl sites for hydroxylation is 1. The Balaban J connectivity index is 1.63. The molecule has 9 heteroatoms. The van der Waals surface area contributed by atoms with Crippen LogP contribution in [0.2, 0.25) is 10.0 Å². The highest BCUT2D eigenvalue weighted by Crippen LogP contribution is 2.30. The van der Waals surface area contributed by atoms with Crippen LogP contribution in [0.1, 0.15) is 25.6 Å². The summed E-state index contributed by atoms with van der Waals surface area (Å²) in [5, 5.41) is 12.8. The normalized spacial score (nSPS) is 16.8. The zero-order valence-corrected chi connectivity index (χ0v) is 16.7. The molecule has 0 saturated carbocycles. The minimum absolute atomic E-state index is 0.186. The second-order valence-electron chi connectivity index (χ2n) is 5.93. The zero-order chi connectivity index (χ0) is 18.5. The van der Waals surface area contributed by atoms with Crippen LogP contribution < -0.4 is 5.32 Å². The summed E-state index contributed by atoms with van der Waals surface area (Å²) >= 11 is 13.5. The van der Waals surface area contributed by atoms with Crippen molar-refractivity contribution in [3.8, 4) is 0 Å². The van der Waals surface area contributed by atoms with Gasteiger partial charge in [-0.3, -0.25) is 4.79 Å². The summed E-state index contributed by atoms with van der Waals surface area (Å²) < 4.78 is 7.77. The molecule has 1 amide bonds. The van der Waals surface area contributed by atoms with Crippen LogP contribution in [0.5, 0.6) is 0 Å². The molecule has 0 aliphatic carbocycles. The van der Waals surface area contributed by atoms with Gasteiger partial charge < -0.3 is 14.6 Å². The monoisotopic (exact) mass is 414 g/mol. The quantitative estimate of drug-likeness (QED) is 0.691. The first-order chi connectivity index (χ1) is 12.6. The number of nitrogens with zero attached hydrogens (tertiary/aromatic N) is 3. The number of rotatable bonds is 7. The van der Waals surface area contributed by atoms with Crippen LogP contribution in [0.25, 0.3) is 0 Å². The summed E-state index contributed by atoms with van der Waals surface area (Å²) in [5.41, 5.74) is 0.427. The minimum atomic E-state index is -0.199. The molecular formula is C17H20Cl2N4O2S. The molecule has 1 N–H and O–H groups in total. The van der Waals surface area contributed by atoms with E-state index in [1.54, 1.807) is 18.2 Å². The molecule has 1 aromatic carbocycles. The van der Waals surface area contributed by atoms with Crippen molar-refractivity contribution < 1.29 is 9.53 Å². The van der Waals surface area contributed by atoms with Gasteiger partial charge in [-0.05, 0) is 25.0 Å². The molecule has 1 saturated heterocycles. The molecule has 1 aromatic heterocycles. The Morgan fingerprint density at radius 3 is 2.81 bits per heavy atom. The molecule has 2 aromatic rings. The van der Waals surface area contributed by atoms with Crippen LogP contribution in [0, 0.1) is 0 Å². The number of halogens is 2. The predicted octanol–water partition coefficient (Wildman–Crippen LogP) is 4.06. The average Bonchev–Trinajstić information content (AvgIpc) is 3.27. The minimum Gasteiger partial charge on any atom is -0.376 e. The fraction of sp³-hybridized carbons (Fsp3) is 0.471. The van der Waals surface area contributed by atoms with Gasteiger partial charge in [0.1, 0.15) is 5.82 Å². The van der Waals surface area contributed by atoms with E-state index in [4.69, 9.17) is 27.9 Å². The third kappa shape index (κ3) is 4.71. The van der Waals surface area contributed by atoms with Crippen molar-refractivity contribution in [1.82, 2.24) is 14.8 Å². The highest BCUT2D eigenvalue weighted by Gasteiger charge is 2.21. The molecule has 3 rings (SSSR count). The van der Waals surface area contributed by atoms with Crippen molar-refractivity contribution in [3.63, 3.8) is 0 Å². The van der Waals surface area contributed by atoms with E-state index in [1.165, 1.54) is 11.8 Å². The standard InChI is InChI=1S/C17H20Cl2N4O2S/c1-2-14-21-22-17(23(14)9-11-5-4-8-25-11)26-10-15(24)20-16-12(18)6-3-7-13(16)19/h3,6-7,11H,2,4-5,8-10H2,1H3,(H,20,24). The van der Waals surface area contributed by atoms with Crippen molar-refractivity contribution in [2.45, 2.75) is 44.0 Å². The Bertz CT molecular complexity index is 758. The predicted molar refractivity (Wildman–Crippen MR) is 104 cm³/mol. The second kappa shape index (κ2) is 9.08. The number of carbonyl (C=O) groups excluding carboxylic acids is 1. The number of ether oxygens (including phenoxy) is 1. The lowest BCUT2D eigenvalue weighted by Crippen LogP contribution is -2.19. The van der Waals surface area contributed by atoms with Crippen molar-refractivity contribution in [1.29, 1.82) is 0 Å². The van der Waals surface area contributed by atoms with Crippen LogP contribution in [-0.4, -0.2) is 39.1 Å². The van der Waals surface area contributed by atoms with E-state index in [9.17, 15) is 4.79 Å². The Morgan fingerprint density at radius 1 is 1.38 bits per heavy atom. The van der Waals surface area contributed by atoms with Gasteiger partial charge in [-0.15, -0.1) is 10.2 Å². The number of thioether (sulfide) groups is 1. The van der Waals surface area contributed by atoms with Gasteiger partial charge in [-0.25, -0.2) is 0 Å². The molecule has 1 fully saturated rings. The Labute approximate surface area is 166 Å². The van der Waals surface area contributed by atoms with E-state index >= 15 is 0 Å². The van der Waals surface area contributed by atoms with E-state index in [2.05, 4.69) is 20.1 Å². The fourth-order valence-electron chi connectivity index (χ4n) is 2.79. The van der Waals surface area contributed by atoms with E-state index in [-0.39, 0.29) is 17.8 Å². The first kappa shape index (κ1) is 19.5. The first-order valence-electron chi connectivity index (χ1n) is 8.48. The number of benzene rings is 1. The molecule has 1 aliphatic rings. The van der Waals surface area contributed by atoms with E-state index in [1.807, 2.05) is 6.92 Å². The van der Waals surface area contributed by atoms with Gasteiger partial charge in [0.25, 0.3) is 0 Å². The highest BCUT2D eigenvalue weighted by molar-refractivity contribution is 7.99. The number of hydrogen-bond acceptors (Lipinski definition) is 5. The molecular weight excluding hydrogens is 395 g/mol. The molecule has 0 spiro atoms. The molecule has 26 heavy (non-hydrogen) atoms. The lowest BCUT2D eigenvalue weighted by atomic mass is 10.2. The molecule has 2 heterocycles. The number of carbonyl (C=O) groups is 1. The van der Waals surface area contributed by atoms with Gasteiger partial charge in [0, 0.05) is 13.0 Å². The Hall–Kier alpha value is -1.28. The summed E-state index contributed by atoms with van der Waals surface area (Å²) in [6, 6.07) is 5.10. The van der Waals surface area contributed by atoms with Crippen LogP contribution >= 0.6 is 35.0 Å². The van der Waals surface area contributed by atoms with E-state index < -0.39 is 0 Å².